The zero-order valence-corrected chi connectivity index (χ0v) is 25.0. The molecule has 0 aliphatic heterocycles. The third-order valence-electron chi connectivity index (χ3n) is 7.63. The van der Waals surface area contributed by atoms with E-state index in [0.29, 0.717) is 13.2 Å². The summed E-state index contributed by atoms with van der Waals surface area (Å²) in [6, 6.07) is 0. The summed E-state index contributed by atoms with van der Waals surface area (Å²) in [5.74, 6) is 0.913. The van der Waals surface area contributed by atoms with Crippen LogP contribution < -0.4 is 0 Å². The number of carbonyl (C=O) groups excluding carboxylic acids is 1. The molecule has 0 radical (unpaired) electrons. The zero-order valence-electron chi connectivity index (χ0n) is 25.0. The van der Waals surface area contributed by atoms with Crippen LogP contribution in [0, 0.1) is 11.8 Å². The van der Waals surface area contributed by atoms with Gasteiger partial charge in [-0.1, -0.05) is 104 Å². The Balaban J connectivity index is 4.37. The summed E-state index contributed by atoms with van der Waals surface area (Å²) in [6.07, 6.45) is 25.2. The Hall–Kier alpha value is -0.610. The molecule has 0 aromatic heterocycles. The van der Waals surface area contributed by atoms with Crippen molar-refractivity contribution in [3.8, 4) is 0 Å². The third kappa shape index (κ3) is 22.6. The molecule has 0 aliphatic carbocycles. The van der Waals surface area contributed by atoms with Crippen LogP contribution in [0.3, 0.4) is 0 Å². The van der Waals surface area contributed by atoms with Crippen molar-refractivity contribution in [2.24, 2.45) is 11.8 Å². The maximum Gasteiger partial charge on any atom is 0.308 e. The van der Waals surface area contributed by atoms with Gasteiger partial charge >= 0.3 is 5.97 Å². The van der Waals surface area contributed by atoms with Gasteiger partial charge in [-0.05, 0) is 70.9 Å². The molecule has 0 amide bonds. The number of aliphatic hydroxyl groups excluding tert-OH is 1. The fraction of sp³-hybridized carbons (Fsp3) is 0.969. The van der Waals surface area contributed by atoms with Crippen LogP contribution in [0.5, 0.6) is 0 Å². The summed E-state index contributed by atoms with van der Waals surface area (Å²) in [5, 5.41) is 9.04. The van der Waals surface area contributed by atoms with Crippen molar-refractivity contribution < 1.29 is 14.6 Å². The van der Waals surface area contributed by atoms with Gasteiger partial charge in [-0.2, -0.15) is 0 Å². The minimum atomic E-state index is 0.0724. The molecule has 2 atom stereocenters. The van der Waals surface area contributed by atoms with Crippen LogP contribution in [0.25, 0.3) is 0 Å². The number of nitrogens with zero attached hydrogens (tertiary/aromatic N) is 1. The molecule has 4 nitrogen and oxygen atoms in total. The van der Waals surface area contributed by atoms with E-state index in [0.717, 1.165) is 64.0 Å². The molecule has 0 bridgehead atoms. The van der Waals surface area contributed by atoms with Gasteiger partial charge in [0.05, 0.1) is 12.5 Å². The van der Waals surface area contributed by atoms with Crippen LogP contribution >= 0.6 is 0 Å². The second kappa shape index (κ2) is 27.4. The van der Waals surface area contributed by atoms with Gasteiger partial charge in [0, 0.05) is 13.2 Å². The highest BCUT2D eigenvalue weighted by Crippen LogP contribution is 2.22. The SMILES string of the molecule is CCCCCCCCC(CCCCCC)C(=O)OCCCCC(CCCCC)CN(C)CCCCO. The minimum absolute atomic E-state index is 0.0724. The highest BCUT2D eigenvalue weighted by atomic mass is 16.5. The minimum Gasteiger partial charge on any atom is -0.465 e. The fourth-order valence-corrected chi connectivity index (χ4v) is 5.23. The van der Waals surface area contributed by atoms with Crippen molar-refractivity contribution in [2.45, 2.75) is 156 Å². The zero-order chi connectivity index (χ0) is 26.7. The maximum atomic E-state index is 12.9. The van der Waals surface area contributed by atoms with E-state index in [-0.39, 0.29) is 11.9 Å². The summed E-state index contributed by atoms with van der Waals surface area (Å²) in [5.41, 5.74) is 0. The lowest BCUT2D eigenvalue weighted by Crippen LogP contribution is -2.27. The van der Waals surface area contributed by atoms with Crippen molar-refractivity contribution in [1.29, 1.82) is 0 Å². The molecule has 0 saturated heterocycles. The van der Waals surface area contributed by atoms with Gasteiger partial charge in [-0.25, -0.2) is 0 Å². The van der Waals surface area contributed by atoms with Crippen LogP contribution in [0.2, 0.25) is 0 Å². The van der Waals surface area contributed by atoms with Crippen molar-refractivity contribution in [3.63, 3.8) is 0 Å². The lowest BCUT2D eigenvalue weighted by atomic mass is 9.94. The first-order valence-electron chi connectivity index (χ1n) is 16.0. The van der Waals surface area contributed by atoms with E-state index in [1.807, 2.05) is 0 Å². The standard InChI is InChI=1S/C32H65NO3/c1-5-8-11-13-14-17-25-31(24-16-12-9-6-2)32(35)36-28-21-18-23-30(22-15-10-7-3)29-33(4)26-19-20-27-34/h30-31,34H,5-29H2,1-4H3. The maximum absolute atomic E-state index is 12.9. The van der Waals surface area contributed by atoms with E-state index < -0.39 is 0 Å². The predicted molar refractivity (Wildman–Crippen MR) is 157 cm³/mol. The van der Waals surface area contributed by atoms with Crippen molar-refractivity contribution in [3.05, 3.63) is 0 Å². The van der Waals surface area contributed by atoms with E-state index in [4.69, 9.17) is 9.84 Å². The molecule has 4 heteroatoms. The van der Waals surface area contributed by atoms with E-state index in [2.05, 4.69) is 32.7 Å². The Morgan fingerprint density at radius 2 is 1.17 bits per heavy atom. The molecule has 0 aromatic rings. The number of esters is 1. The molecule has 0 aromatic carbocycles. The predicted octanol–water partition coefficient (Wildman–Crippen LogP) is 8.94. The van der Waals surface area contributed by atoms with Gasteiger partial charge < -0.3 is 14.7 Å². The molecule has 2 unspecified atom stereocenters. The second-order valence-corrected chi connectivity index (χ2v) is 11.3. The first kappa shape index (κ1) is 35.4. The first-order chi connectivity index (χ1) is 17.6. The molecule has 0 aliphatic rings. The molecule has 0 rings (SSSR count). The largest absolute Gasteiger partial charge is 0.465 e. The Kier molecular flexibility index (Phi) is 27.0. The summed E-state index contributed by atoms with van der Waals surface area (Å²) in [6.45, 7) is 9.88. The summed E-state index contributed by atoms with van der Waals surface area (Å²) < 4.78 is 5.81. The van der Waals surface area contributed by atoms with Crippen LogP contribution in [-0.4, -0.2) is 49.3 Å². The van der Waals surface area contributed by atoms with E-state index in [1.165, 1.54) is 89.9 Å². The van der Waals surface area contributed by atoms with Gasteiger partial charge in [0.2, 0.25) is 0 Å². The number of hydrogen-bond acceptors (Lipinski definition) is 4. The molecule has 0 spiro atoms. The Morgan fingerprint density at radius 3 is 1.78 bits per heavy atom. The van der Waals surface area contributed by atoms with Crippen molar-refractivity contribution >= 4 is 5.97 Å². The third-order valence-corrected chi connectivity index (χ3v) is 7.63. The normalized spacial score (nSPS) is 13.3. The van der Waals surface area contributed by atoms with Gasteiger partial charge in [0.25, 0.3) is 0 Å². The number of ether oxygens (including phenoxy) is 1. The quantitative estimate of drug-likeness (QED) is 0.0841. The summed E-state index contributed by atoms with van der Waals surface area (Å²) in [7, 11) is 2.22. The molecule has 0 heterocycles. The number of unbranched alkanes of at least 4 members (excludes halogenated alkanes) is 12. The van der Waals surface area contributed by atoms with Gasteiger partial charge in [0.15, 0.2) is 0 Å². The topological polar surface area (TPSA) is 49.8 Å². The average Bonchev–Trinajstić information content (AvgIpc) is 2.87. The second-order valence-electron chi connectivity index (χ2n) is 11.3. The summed E-state index contributed by atoms with van der Waals surface area (Å²) >= 11 is 0. The number of aliphatic hydroxyl groups is 1. The molecule has 36 heavy (non-hydrogen) atoms. The summed E-state index contributed by atoms with van der Waals surface area (Å²) in [4.78, 5) is 15.3. The van der Waals surface area contributed by atoms with Crippen LogP contribution in [-0.2, 0) is 9.53 Å². The van der Waals surface area contributed by atoms with Crippen LogP contribution in [0.4, 0.5) is 0 Å². The van der Waals surface area contributed by atoms with Gasteiger partial charge in [0.1, 0.15) is 0 Å². The molecule has 216 valence electrons. The Morgan fingerprint density at radius 1 is 0.667 bits per heavy atom. The molecule has 0 fully saturated rings. The van der Waals surface area contributed by atoms with Crippen LogP contribution in [0.15, 0.2) is 0 Å². The fourth-order valence-electron chi connectivity index (χ4n) is 5.23. The number of carbonyl (C=O) groups is 1. The first-order valence-corrected chi connectivity index (χ1v) is 16.0. The van der Waals surface area contributed by atoms with Crippen molar-refractivity contribution in [1.82, 2.24) is 4.90 Å². The van der Waals surface area contributed by atoms with Crippen LogP contribution in [0.1, 0.15) is 156 Å². The van der Waals surface area contributed by atoms with Gasteiger partial charge in [-0.3, -0.25) is 4.79 Å². The average molecular weight is 512 g/mol. The highest BCUT2D eigenvalue weighted by molar-refractivity contribution is 5.72. The number of hydrogen-bond donors (Lipinski definition) is 1. The van der Waals surface area contributed by atoms with E-state index in [9.17, 15) is 4.79 Å². The van der Waals surface area contributed by atoms with E-state index >= 15 is 0 Å². The molecule has 0 saturated carbocycles. The Bertz CT molecular complexity index is 457. The number of rotatable bonds is 28. The molecular weight excluding hydrogens is 446 g/mol. The van der Waals surface area contributed by atoms with Crippen molar-refractivity contribution in [2.75, 3.05) is 33.4 Å². The smallest absolute Gasteiger partial charge is 0.308 e. The van der Waals surface area contributed by atoms with E-state index in [1.54, 1.807) is 0 Å². The molecular formula is C32H65NO3. The highest BCUT2D eigenvalue weighted by Gasteiger charge is 2.19. The Labute approximate surface area is 226 Å². The van der Waals surface area contributed by atoms with Gasteiger partial charge in [-0.15, -0.1) is 0 Å². The molecule has 1 N–H and O–H groups in total. The lowest BCUT2D eigenvalue weighted by Gasteiger charge is -2.24. The lowest BCUT2D eigenvalue weighted by molar-refractivity contribution is -0.149. The monoisotopic (exact) mass is 511 g/mol.